The van der Waals surface area contributed by atoms with E-state index in [1.165, 1.54) is 0 Å². The lowest BCUT2D eigenvalue weighted by molar-refractivity contribution is 0.0520. The van der Waals surface area contributed by atoms with Gasteiger partial charge in [-0.05, 0) is 19.9 Å². The molecule has 0 aliphatic heterocycles. The molecule has 4 nitrogen and oxygen atoms in total. The summed E-state index contributed by atoms with van der Waals surface area (Å²) in [5, 5.41) is 10.5. The van der Waals surface area contributed by atoms with Crippen LogP contribution in [0.5, 0.6) is 0 Å². The second-order valence-corrected chi connectivity index (χ2v) is 3.89. The van der Waals surface area contributed by atoms with Gasteiger partial charge < -0.3 is 14.8 Å². The summed E-state index contributed by atoms with van der Waals surface area (Å²) in [6.45, 7) is 3.80. The molecule has 0 fully saturated rings. The monoisotopic (exact) mass is 233 g/mol. The van der Waals surface area contributed by atoms with E-state index in [1.807, 2.05) is 18.2 Å². The van der Waals surface area contributed by atoms with Gasteiger partial charge in [-0.25, -0.2) is 4.79 Å². The van der Waals surface area contributed by atoms with Crippen molar-refractivity contribution in [2.75, 3.05) is 6.61 Å². The zero-order chi connectivity index (χ0) is 12.4. The SMILES string of the molecule is CCOC(=O)c1cc2cccc(C(C)O)c2[nH]1. The molecule has 1 atom stereocenters. The van der Waals surface area contributed by atoms with Gasteiger partial charge in [0.05, 0.1) is 18.2 Å². The molecule has 0 aliphatic carbocycles. The Hall–Kier alpha value is -1.81. The van der Waals surface area contributed by atoms with Crippen LogP contribution in [-0.4, -0.2) is 22.7 Å². The van der Waals surface area contributed by atoms with E-state index >= 15 is 0 Å². The molecule has 1 heterocycles. The van der Waals surface area contributed by atoms with Crippen molar-refractivity contribution in [2.45, 2.75) is 20.0 Å². The molecule has 0 aliphatic rings. The lowest BCUT2D eigenvalue weighted by Crippen LogP contribution is -2.04. The number of aliphatic hydroxyl groups is 1. The van der Waals surface area contributed by atoms with Gasteiger partial charge >= 0.3 is 5.97 Å². The van der Waals surface area contributed by atoms with Crippen LogP contribution in [0, 0.1) is 0 Å². The molecule has 90 valence electrons. The first-order chi connectivity index (χ1) is 8.13. The number of hydrogen-bond acceptors (Lipinski definition) is 3. The third-order valence-electron chi connectivity index (χ3n) is 2.63. The number of carbonyl (C=O) groups excluding carboxylic acids is 1. The molecule has 1 unspecified atom stereocenters. The number of hydrogen-bond donors (Lipinski definition) is 2. The maximum absolute atomic E-state index is 11.6. The lowest BCUT2D eigenvalue weighted by atomic mass is 10.1. The fourth-order valence-electron chi connectivity index (χ4n) is 1.85. The number of nitrogens with one attached hydrogen (secondary N) is 1. The van der Waals surface area contributed by atoms with Gasteiger partial charge in [-0.3, -0.25) is 0 Å². The number of para-hydroxylation sites is 1. The number of carbonyl (C=O) groups is 1. The van der Waals surface area contributed by atoms with Crippen molar-refractivity contribution in [1.82, 2.24) is 4.98 Å². The Bertz CT molecular complexity index is 543. The zero-order valence-electron chi connectivity index (χ0n) is 9.86. The Morgan fingerprint density at radius 3 is 2.94 bits per heavy atom. The number of ether oxygens (including phenoxy) is 1. The van der Waals surface area contributed by atoms with Crippen molar-refractivity contribution in [2.24, 2.45) is 0 Å². The van der Waals surface area contributed by atoms with Crippen LogP contribution in [0.3, 0.4) is 0 Å². The Morgan fingerprint density at radius 1 is 1.53 bits per heavy atom. The number of aromatic nitrogens is 1. The van der Waals surface area contributed by atoms with Crippen molar-refractivity contribution >= 4 is 16.9 Å². The first kappa shape index (κ1) is 11.7. The van der Waals surface area contributed by atoms with E-state index in [9.17, 15) is 9.90 Å². The predicted molar refractivity (Wildman–Crippen MR) is 64.9 cm³/mol. The maximum Gasteiger partial charge on any atom is 0.354 e. The zero-order valence-corrected chi connectivity index (χ0v) is 9.86. The first-order valence-corrected chi connectivity index (χ1v) is 5.60. The molecule has 17 heavy (non-hydrogen) atoms. The maximum atomic E-state index is 11.6. The van der Waals surface area contributed by atoms with E-state index in [4.69, 9.17) is 4.74 Å². The summed E-state index contributed by atoms with van der Waals surface area (Å²) in [6.07, 6.45) is -0.576. The summed E-state index contributed by atoms with van der Waals surface area (Å²) in [6, 6.07) is 7.31. The summed E-state index contributed by atoms with van der Waals surface area (Å²) in [5.41, 5.74) is 1.97. The number of esters is 1. The lowest BCUT2D eigenvalue weighted by Gasteiger charge is -2.05. The Balaban J connectivity index is 2.50. The standard InChI is InChI=1S/C13H15NO3/c1-3-17-13(16)11-7-9-5-4-6-10(8(2)15)12(9)14-11/h4-8,14-15H,3H2,1-2H3. The van der Waals surface area contributed by atoms with Crippen molar-refractivity contribution in [3.8, 4) is 0 Å². The number of fused-ring (bicyclic) bond motifs is 1. The minimum absolute atomic E-state index is 0.345. The topological polar surface area (TPSA) is 62.3 Å². The van der Waals surface area contributed by atoms with Crippen LogP contribution in [0.25, 0.3) is 10.9 Å². The fraction of sp³-hybridized carbons (Fsp3) is 0.308. The molecule has 0 bridgehead atoms. The quantitative estimate of drug-likeness (QED) is 0.800. The molecule has 0 radical (unpaired) electrons. The summed E-state index contributed by atoms with van der Waals surface area (Å²) in [5.74, 6) is -0.375. The molecule has 1 aromatic heterocycles. The van der Waals surface area contributed by atoms with Crippen molar-refractivity contribution in [1.29, 1.82) is 0 Å². The molecule has 2 rings (SSSR count). The number of aliphatic hydroxyl groups excluding tert-OH is 1. The second-order valence-electron chi connectivity index (χ2n) is 3.89. The van der Waals surface area contributed by atoms with E-state index in [-0.39, 0.29) is 5.97 Å². The highest BCUT2D eigenvalue weighted by molar-refractivity contribution is 5.95. The largest absolute Gasteiger partial charge is 0.461 e. The number of aromatic amines is 1. The van der Waals surface area contributed by atoms with Gasteiger partial charge in [0.15, 0.2) is 0 Å². The molecule has 0 saturated heterocycles. The molecule has 0 saturated carbocycles. The Morgan fingerprint density at radius 2 is 2.29 bits per heavy atom. The highest BCUT2D eigenvalue weighted by atomic mass is 16.5. The van der Waals surface area contributed by atoms with E-state index in [0.717, 1.165) is 16.5 Å². The number of rotatable bonds is 3. The second kappa shape index (κ2) is 4.59. The average Bonchev–Trinajstić information content (AvgIpc) is 2.72. The van der Waals surface area contributed by atoms with Crippen LogP contribution in [0.4, 0.5) is 0 Å². The minimum atomic E-state index is -0.576. The normalized spacial score (nSPS) is 12.6. The number of H-pyrrole nitrogens is 1. The molecule has 4 heteroatoms. The van der Waals surface area contributed by atoms with E-state index in [2.05, 4.69) is 4.98 Å². The first-order valence-electron chi connectivity index (χ1n) is 5.60. The van der Waals surface area contributed by atoms with Gasteiger partial charge in [-0.1, -0.05) is 18.2 Å². The minimum Gasteiger partial charge on any atom is -0.461 e. The smallest absolute Gasteiger partial charge is 0.354 e. The summed E-state index contributed by atoms with van der Waals surface area (Å²) in [7, 11) is 0. The molecular formula is C13H15NO3. The Labute approximate surface area is 99.2 Å². The van der Waals surface area contributed by atoms with Crippen LogP contribution in [0.1, 0.15) is 36.0 Å². The fourth-order valence-corrected chi connectivity index (χ4v) is 1.85. The van der Waals surface area contributed by atoms with E-state index in [1.54, 1.807) is 19.9 Å². The molecule has 0 spiro atoms. The van der Waals surface area contributed by atoms with E-state index in [0.29, 0.717) is 12.3 Å². The van der Waals surface area contributed by atoms with Gasteiger partial charge in [0.25, 0.3) is 0 Å². The Kier molecular flexibility index (Phi) is 3.15. The van der Waals surface area contributed by atoms with Crippen LogP contribution in [-0.2, 0) is 4.74 Å². The van der Waals surface area contributed by atoms with Gasteiger partial charge in [-0.2, -0.15) is 0 Å². The molecular weight excluding hydrogens is 218 g/mol. The highest BCUT2D eigenvalue weighted by Gasteiger charge is 2.13. The third kappa shape index (κ3) is 2.17. The number of benzene rings is 1. The summed E-state index contributed by atoms with van der Waals surface area (Å²) >= 11 is 0. The van der Waals surface area contributed by atoms with Gasteiger partial charge in [-0.15, -0.1) is 0 Å². The van der Waals surface area contributed by atoms with Gasteiger partial charge in [0.1, 0.15) is 5.69 Å². The summed E-state index contributed by atoms with van der Waals surface area (Å²) < 4.78 is 4.93. The van der Waals surface area contributed by atoms with Gasteiger partial charge in [0.2, 0.25) is 0 Å². The van der Waals surface area contributed by atoms with Crippen molar-refractivity contribution in [3.05, 3.63) is 35.5 Å². The molecule has 0 amide bonds. The van der Waals surface area contributed by atoms with Crippen LogP contribution >= 0.6 is 0 Å². The summed E-state index contributed by atoms with van der Waals surface area (Å²) in [4.78, 5) is 14.6. The molecule has 1 aromatic carbocycles. The molecule has 2 N–H and O–H groups in total. The van der Waals surface area contributed by atoms with E-state index < -0.39 is 6.10 Å². The molecule has 2 aromatic rings. The van der Waals surface area contributed by atoms with Gasteiger partial charge in [0, 0.05) is 10.9 Å². The van der Waals surface area contributed by atoms with Crippen molar-refractivity contribution < 1.29 is 14.6 Å². The predicted octanol–water partition coefficient (Wildman–Crippen LogP) is 2.40. The third-order valence-corrected chi connectivity index (χ3v) is 2.63. The van der Waals surface area contributed by atoms with Crippen LogP contribution in [0.2, 0.25) is 0 Å². The average molecular weight is 233 g/mol. The van der Waals surface area contributed by atoms with Crippen LogP contribution in [0.15, 0.2) is 24.3 Å². The highest BCUT2D eigenvalue weighted by Crippen LogP contribution is 2.24. The van der Waals surface area contributed by atoms with Crippen LogP contribution < -0.4 is 0 Å². The van der Waals surface area contributed by atoms with Crippen molar-refractivity contribution in [3.63, 3.8) is 0 Å².